The average Bonchev–Trinajstić information content (AvgIpc) is 2.21. The van der Waals surface area contributed by atoms with Crippen LogP contribution in [-0.4, -0.2) is 18.5 Å². The van der Waals surface area contributed by atoms with Gasteiger partial charge in [-0.2, -0.15) is 0 Å². The number of nitrogen functional groups attached to an aromatic ring is 1. The van der Waals surface area contributed by atoms with Gasteiger partial charge in [-0.25, -0.2) is 0 Å². The van der Waals surface area contributed by atoms with Crippen LogP contribution in [0.4, 0.5) is 5.69 Å². The first-order chi connectivity index (χ1) is 7.49. The van der Waals surface area contributed by atoms with Gasteiger partial charge in [-0.1, -0.05) is 31.5 Å². The Labute approximate surface area is 103 Å². The molecule has 0 unspecified atom stereocenters. The van der Waals surface area contributed by atoms with Gasteiger partial charge in [0, 0.05) is 6.54 Å². The van der Waals surface area contributed by atoms with E-state index < -0.39 is 0 Å². The molecule has 16 heavy (non-hydrogen) atoms. The predicted octanol–water partition coefficient (Wildman–Crippen LogP) is 3.40. The molecule has 2 nitrogen and oxygen atoms in total. The Morgan fingerprint density at radius 2 is 2.06 bits per heavy atom. The number of halogens is 1. The van der Waals surface area contributed by atoms with Crippen molar-refractivity contribution < 1.29 is 0 Å². The largest absolute Gasteiger partial charge is 0.398 e. The van der Waals surface area contributed by atoms with Crippen molar-refractivity contribution in [3.63, 3.8) is 0 Å². The molecule has 1 aromatic rings. The number of hydrogen-bond acceptors (Lipinski definition) is 2. The fourth-order valence-electron chi connectivity index (χ4n) is 1.56. The topological polar surface area (TPSA) is 29.3 Å². The normalized spacial score (nSPS) is 11.4. The highest BCUT2D eigenvalue weighted by atomic mass is 35.5. The summed E-state index contributed by atoms with van der Waals surface area (Å²) >= 11 is 5.88. The molecule has 2 N–H and O–H groups in total. The zero-order valence-electron chi connectivity index (χ0n) is 10.3. The van der Waals surface area contributed by atoms with Gasteiger partial charge in [-0.3, -0.25) is 0 Å². The van der Waals surface area contributed by atoms with Crippen LogP contribution in [0.5, 0.6) is 0 Å². The molecule has 0 aromatic heterocycles. The third kappa shape index (κ3) is 4.42. The van der Waals surface area contributed by atoms with Crippen molar-refractivity contribution in [2.75, 3.05) is 19.3 Å². The van der Waals surface area contributed by atoms with Crippen molar-refractivity contribution in [3.05, 3.63) is 28.8 Å². The van der Waals surface area contributed by atoms with E-state index in [9.17, 15) is 0 Å². The van der Waals surface area contributed by atoms with Gasteiger partial charge >= 0.3 is 0 Å². The lowest BCUT2D eigenvalue weighted by atomic mass is 10.1. The molecule has 0 atom stereocenters. The summed E-state index contributed by atoms with van der Waals surface area (Å²) in [5, 5.41) is 0.633. The maximum Gasteiger partial charge on any atom is 0.0635 e. The summed E-state index contributed by atoms with van der Waals surface area (Å²) in [7, 11) is 2.13. The third-order valence-electron chi connectivity index (χ3n) is 2.60. The molecular weight excluding hydrogens is 220 g/mol. The van der Waals surface area contributed by atoms with Crippen LogP contribution in [0.2, 0.25) is 5.02 Å². The van der Waals surface area contributed by atoms with Crippen LogP contribution < -0.4 is 5.73 Å². The van der Waals surface area contributed by atoms with E-state index in [1.807, 2.05) is 18.2 Å². The molecular formula is C13H21ClN2. The molecule has 0 aliphatic heterocycles. The molecule has 0 saturated heterocycles. The Balaban J connectivity index is 2.49. The van der Waals surface area contributed by atoms with E-state index in [0.29, 0.717) is 10.7 Å². The van der Waals surface area contributed by atoms with Crippen LogP contribution in [-0.2, 0) is 6.54 Å². The predicted molar refractivity (Wildman–Crippen MR) is 71.7 cm³/mol. The quantitative estimate of drug-likeness (QED) is 0.800. The van der Waals surface area contributed by atoms with Gasteiger partial charge in [0.25, 0.3) is 0 Å². The molecule has 0 radical (unpaired) electrons. The standard InChI is InChI=1S/C13H21ClN2/c1-10(2)6-7-16(3)9-11-4-5-12(14)13(15)8-11/h4-5,8,10H,6-7,9,15H2,1-3H3. The van der Waals surface area contributed by atoms with Gasteiger partial charge in [0.2, 0.25) is 0 Å². The van der Waals surface area contributed by atoms with E-state index >= 15 is 0 Å². The third-order valence-corrected chi connectivity index (χ3v) is 2.95. The van der Waals surface area contributed by atoms with E-state index in [1.54, 1.807) is 0 Å². The summed E-state index contributed by atoms with van der Waals surface area (Å²) in [6.07, 6.45) is 1.22. The first-order valence-corrected chi connectivity index (χ1v) is 6.09. The van der Waals surface area contributed by atoms with Gasteiger partial charge in [0.05, 0.1) is 10.7 Å². The molecule has 0 saturated carbocycles. The molecule has 0 spiro atoms. The minimum atomic E-state index is 0.633. The van der Waals surface area contributed by atoms with Gasteiger partial charge in [-0.05, 0) is 43.6 Å². The molecule has 3 heteroatoms. The Hall–Kier alpha value is -0.730. The number of rotatable bonds is 5. The Kier molecular flexibility index (Phi) is 5.10. The Bertz CT molecular complexity index is 337. The Morgan fingerprint density at radius 1 is 1.38 bits per heavy atom. The highest BCUT2D eigenvalue weighted by Crippen LogP contribution is 2.20. The monoisotopic (exact) mass is 240 g/mol. The molecule has 0 bridgehead atoms. The minimum Gasteiger partial charge on any atom is -0.398 e. The van der Waals surface area contributed by atoms with Gasteiger partial charge in [0.1, 0.15) is 0 Å². The number of benzene rings is 1. The zero-order valence-corrected chi connectivity index (χ0v) is 11.1. The number of anilines is 1. The smallest absolute Gasteiger partial charge is 0.0635 e. The van der Waals surface area contributed by atoms with Gasteiger partial charge in [0.15, 0.2) is 0 Å². The fraction of sp³-hybridized carbons (Fsp3) is 0.538. The second kappa shape index (κ2) is 6.12. The van der Waals surface area contributed by atoms with E-state index in [2.05, 4.69) is 25.8 Å². The second-order valence-electron chi connectivity index (χ2n) is 4.78. The maximum absolute atomic E-state index is 5.88. The summed E-state index contributed by atoms with van der Waals surface area (Å²) in [6, 6.07) is 5.85. The molecule has 0 fully saturated rings. The molecule has 0 aliphatic rings. The summed E-state index contributed by atoms with van der Waals surface area (Å²) in [6.45, 7) is 6.52. The summed E-state index contributed by atoms with van der Waals surface area (Å²) in [5.41, 5.74) is 7.65. The Morgan fingerprint density at radius 3 is 2.62 bits per heavy atom. The molecule has 0 amide bonds. The minimum absolute atomic E-state index is 0.633. The van der Waals surface area contributed by atoms with Crippen LogP contribution in [0, 0.1) is 5.92 Å². The maximum atomic E-state index is 5.88. The van der Waals surface area contributed by atoms with Crippen molar-refractivity contribution in [2.24, 2.45) is 5.92 Å². The van der Waals surface area contributed by atoms with E-state index in [1.165, 1.54) is 12.0 Å². The van der Waals surface area contributed by atoms with Crippen LogP contribution in [0.25, 0.3) is 0 Å². The SMILES string of the molecule is CC(C)CCN(C)Cc1ccc(Cl)c(N)c1. The molecule has 0 heterocycles. The summed E-state index contributed by atoms with van der Waals surface area (Å²) in [5.74, 6) is 0.748. The highest BCUT2D eigenvalue weighted by Gasteiger charge is 2.03. The van der Waals surface area contributed by atoms with Crippen molar-refractivity contribution in [2.45, 2.75) is 26.8 Å². The van der Waals surface area contributed by atoms with Crippen molar-refractivity contribution in [3.8, 4) is 0 Å². The number of nitrogens with two attached hydrogens (primary N) is 1. The number of hydrogen-bond donors (Lipinski definition) is 1. The van der Waals surface area contributed by atoms with Crippen molar-refractivity contribution in [1.82, 2.24) is 4.90 Å². The van der Waals surface area contributed by atoms with Crippen LogP contribution in [0.3, 0.4) is 0 Å². The number of nitrogens with zero attached hydrogens (tertiary/aromatic N) is 1. The highest BCUT2D eigenvalue weighted by molar-refractivity contribution is 6.33. The van der Waals surface area contributed by atoms with Gasteiger partial charge in [-0.15, -0.1) is 0 Å². The lowest BCUT2D eigenvalue weighted by Gasteiger charge is -2.18. The lowest BCUT2D eigenvalue weighted by molar-refractivity contribution is 0.303. The molecule has 1 rings (SSSR count). The van der Waals surface area contributed by atoms with Crippen LogP contribution >= 0.6 is 11.6 Å². The summed E-state index contributed by atoms with van der Waals surface area (Å²) < 4.78 is 0. The van der Waals surface area contributed by atoms with E-state index in [0.717, 1.165) is 19.0 Å². The molecule has 0 aliphatic carbocycles. The van der Waals surface area contributed by atoms with Crippen molar-refractivity contribution in [1.29, 1.82) is 0 Å². The summed E-state index contributed by atoms with van der Waals surface area (Å²) in [4.78, 5) is 2.31. The first kappa shape index (κ1) is 13.3. The van der Waals surface area contributed by atoms with E-state index in [-0.39, 0.29) is 0 Å². The van der Waals surface area contributed by atoms with Gasteiger partial charge < -0.3 is 10.6 Å². The van der Waals surface area contributed by atoms with Crippen molar-refractivity contribution >= 4 is 17.3 Å². The first-order valence-electron chi connectivity index (χ1n) is 5.71. The second-order valence-corrected chi connectivity index (χ2v) is 5.18. The molecule has 90 valence electrons. The zero-order chi connectivity index (χ0) is 12.1. The fourth-order valence-corrected chi connectivity index (χ4v) is 1.68. The van der Waals surface area contributed by atoms with Crippen LogP contribution in [0.1, 0.15) is 25.8 Å². The van der Waals surface area contributed by atoms with Crippen LogP contribution in [0.15, 0.2) is 18.2 Å². The van der Waals surface area contributed by atoms with E-state index in [4.69, 9.17) is 17.3 Å². The average molecular weight is 241 g/mol. The molecule has 1 aromatic carbocycles. The lowest BCUT2D eigenvalue weighted by Crippen LogP contribution is -2.20.